The number of quaternary nitrogens is 1. The quantitative estimate of drug-likeness (QED) is 0.672. The molecule has 1 aromatic heterocycles. The maximum absolute atomic E-state index is 12.3. The summed E-state index contributed by atoms with van der Waals surface area (Å²) in [5, 5.41) is 2.71. The molecule has 1 aliphatic heterocycles. The summed E-state index contributed by atoms with van der Waals surface area (Å²) in [6.07, 6.45) is 2.32. The summed E-state index contributed by atoms with van der Waals surface area (Å²) in [7, 11) is 0. The van der Waals surface area contributed by atoms with Crippen LogP contribution in [0, 0.1) is 0 Å². The first-order valence-corrected chi connectivity index (χ1v) is 9.67. The van der Waals surface area contributed by atoms with E-state index in [1.54, 1.807) is 12.1 Å². The van der Waals surface area contributed by atoms with Crippen LogP contribution < -0.4 is 20.4 Å². The number of ether oxygens (including phenoxy) is 1. The van der Waals surface area contributed by atoms with Gasteiger partial charge >= 0.3 is 0 Å². The number of rotatable bonds is 6. The number of anilines is 1. The van der Waals surface area contributed by atoms with Crippen LogP contribution in [0.5, 0.6) is 5.75 Å². The molecule has 1 amide bonds. The van der Waals surface area contributed by atoms with Gasteiger partial charge in [-0.3, -0.25) is 9.59 Å². The van der Waals surface area contributed by atoms with E-state index in [-0.39, 0.29) is 23.7 Å². The largest absolute Gasteiger partial charge is 0.477 e. The molecule has 0 bridgehead atoms. The van der Waals surface area contributed by atoms with Crippen molar-refractivity contribution in [1.29, 1.82) is 0 Å². The van der Waals surface area contributed by atoms with E-state index in [0.29, 0.717) is 18.0 Å². The van der Waals surface area contributed by atoms with Gasteiger partial charge in [0.25, 0.3) is 5.91 Å². The number of amides is 1. The third-order valence-electron chi connectivity index (χ3n) is 5.00. The van der Waals surface area contributed by atoms with Gasteiger partial charge in [-0.15, -0.1) is 0 Å². The maximum Gasteiger partial charge on any atom is 0.262 e. The summed E-state index contributed by atoms with van der Waals surface area (Å²) < 4.78 is 10.9. The summed E-state index contributed by atoms with van der Waals surface area (Å²) in [5.41, 5.74) is 3.14. The van der Waals surface area contributed by atoms with Gasteiger partial charge in [-0.25, -0.2) is 0 Å². The summed E-state index contributed by atoms with van der Waals surface area (Å²) >= 11 is 0. The van der Waals surface area contributed by atoms with Crippen LogP contribution in [0.2, 0.25) is 0 Å². The number of benzene rings is 2. The molecule has 0 radical (unpaired) electrons. The van der Waals surface area contributed by atoms with Gasteiger partial charge < -0.3 is 19.4 Å². The summed E-state index contributed by atoms with van der Waals surface area (Å²) in [5.74, 6) is 0.317. The molecule has 2 aromatic carbocycles. The highest BCUT2D eigenvalue weighted by Crippen LogP contribution is 2.11. The number of hydrogen-bond acceptors (Lipinski definition) is 4. The molecule has 2 heterocycles. The number of carbonyl (C=O) groups excluding carboxylic acids is 1. The second kappa shape index (κ2) is 8.75. The van der Waals surface area contributed by atoms with Crippen LogP contribution in [0.25, 0.3) is 0 Å². The van der Waals surface area contributed by atoms with Crippen LogP contribution in [0.1, 0.15) is 16.9 Å². The van der Waals surface area contributed by atoms with E-state index in [1.165, 1.54) is 28.4 Å². The first-order valence-electron chi connectivity index (χ1n) is 9.67. The Morgan fingerprint density at radius 3 is 2.62 bits per heavy atom. The molecule has 3 aromatic rings. The fourth-order valence-corrected chi connectivity index (χ4v) is 3.54. The highest BCUT2D eigenvalue weighted by Gasteiger charge is 2.20. The molecule has 4 rings (SSSR count). The maximum atomic E-state index is 12.3. The van der Waals surface area contributed by atoms with Gasteiger partial charge in [0.15, 0.2) is 12.4 Å². The van der Waals surface area contributed by atoms with Gasteiger partial charge in [-0.1, -0.05) is 42.5 Å². The summed E-state index contributed by atoms with van der Waals surface area (Å²) in [6, 6.07) is 19.0. The van der Waals surface area contributed by atoms with E-state index in [9.17, 15) is 9.59 Å². The Hall–Kier alpha value is -3.38. The SMILES string of the molecule is O=C(COc1coc(C[NH+]2CCc3ccccc3C2)cc1=O)Nc1ccccc1. The number of carbonyl (C=O) groups is 1. The smallest absolute Gasteiger partial charge is 0.262 e. The van der Waals surface area contributed by atoms with Crippen molar-refractivity contribution in [1.82, 2.24) is 0 Å². The molecule has 1 unspecified atom stereocenters. The average molecular weight is 391 g/mol. The minimum atomic E-state index is -0.337. The van der Waals surface area contributed by atoms with Gasteiger partial charge in [-0.2, -0.15) is 0 Å². The van der Waals surface area contributed by atoms with Crippen molar-refractivity contribution in [2.75, 3.05) is 18.5 Å². The molecular formula is C23H23N2O4+. The first kappa shape index (κ1) is 19.0. The van der Waals surface area contributed by atoms with E-state index in [2.05, 4.69) is 29.6 Å². The van der Waals surface area contributed by atoms with Crippen molar-refractivity contribution in [2.45, 2.75) is 19.5 Å². The van der Waals surface area contributed by atoms with Crippen LogP contribution in [0.3, 0.4) is 0 Å². The highest BCUT2D eigenvalue weighted by molar-refractivity contribution is 5.91. The normalized spacial score (nSPS) is 15.4. The standard InChI is InChI=1S/C23H22N2O4/c26-21-12-20(14-25-11-10-17-6-4-5-7-18(17)13-25)28-15-22(21)29-16-23(27)24-19-8-2-1-3-9-19/h1-9,12,15H,10-11,13-14,16H2,(H,24,27)/p+1. The lowest BCUT2D eigenvalue weighted by molar-refractivity contribution is -0.930. The second-order valence-electron chi connectivity index (χ2n) is 7.15. The van der Waals surface area contributed by atoms with Crippen molar-refractivity contribution in [3.8, 4) is 5.75 Å². The molecule has 6 nitrogen and oxygen atoms in total. The van der Waals surface area contributed by atoms with Crippen LogP contribution >= 0.6 is 0 Å². The zero-order chi connectivity index (χ0) is 20.1. The van der Waals surface area contributed by atoms with Crippen LogP contribution in [-0.4, -0.2) is 19.1 Å². The zero-order valence-electron chi connectivity index (χ0n) is 16.0. The third kappa shape index (κ3) is 4.92. The topological polar surface area (TPSA) is 73.0 Å². The molecule has 0 spiro atoms. The Balaban J connectivity index is 1.32. The fourth-order valence-electron chi connectivity index (χ4n) is 3.54. The van der Waals surface area contributed by atoms with Crippen molar-refractivity contribution in [2.24, 2.45) is 0 Å². The van der Waals surface area contributed by atoms with E-state index in [4.69, 9.17) is 9.15 Å². The molecule has 1 aliphatic rings. The van der Waals surface area contributed by atoms with E-state index < -0.39 is 0 Å². The molecule has 2 N–H and O–H groups in total. The van der Waals surface area contributed by atoms with Gasteiger partial charge in [0.2, 0.25) is 11.2 Å². The molecule has 0 saturated carbocycles. The molecule has 6 heteroatoms. The van der Waals surface area contributed by atoms with Gasteiger partial charge in [0, 0.05) is 23.7 Å². The van der Waals surface area contributed by atoms with Crippen molar-refractivity contribution in [3.05, 3.63) is 94.0 Å². The highest BCUT2D eigenvalue weighted by atomic mass is 16.5. The molecule has 0 saturated heterocycles. The number of fused-ring (bicyclic) bond motifs is 1. The summed E-state index contributed by atoms with van der Waals surface area (Å²) in [6.45, 7) is 2.29. The predicted molar refractivity (Wildman–Crippen MR) is 109 cm³/mol. The van der Waals surface area contributed by atoms with E-state index >= 15 is 0 Å². The van der Waals surface area contributed by atoms with Crippen LogP contribution in [0.4, 0.5) is 5.69 Å². The Labute approximate surface area is 168 Å². The predicted octanol–water partition coefficient (Wildman–Crippen LogP) is 1.80. The Morgan fingerprint density at radius 2 is 1.83 bits per heavy atom. The fraction of sp³-hybridized carbons (Fsp3) is 0.217. The Bertz CT molecular complexity index is 1050. The van der Waals surface area contributed by atoms with Crippen LogP contribution in [-0.2, 0) is 24.3 Å². The van der Waals surface area contributed by atoms with E-state index in [0.717, 1.165) is 19.5 Å². The molecular weight excluding hydrogens is 368 g/mol. The second-order valence-corrected chi connectivity index (χ2v) is 7.15. The van der Waals surface area contributed by atoms with Crippen molar-refractivity contribution < 1.29 is 18.8 Å². The van der Waals surface area contributed by atoms with Crippen LogP contribution in [0.15, 0.2) is 76.1 Å². The minimum absolute atomic E-state index is 0.0379. The molecule has 0 fully saturated rings. The zero-order valence-corrected chi connectivity index (χ0v) is 16.0. The van der Waals surface area contributed by atoms with Gasteiger partial charge in [0.1, 0.15) is 19.4 Å². The van der Waals surface area contributed by atoms with Gasteiger partial charge in [-0.05, 0) is 17.7 Å². The minimum Gasteiger partial charge on any atom is -0.477 e. The molecule has 148 valence electrons. The van der Waals surface area contributed by atoms with Crippen molar-refractivity contribution >= 4 is 11.6 Å². The monoisotopic (exact) mass is 391 g/mol. The number of nitrogens with one attached hydrogen (secondary N) is 2. The summed E-state index contributed by atoms with van der Waals surface area (Å²) in [4.78, 5) is 25.6. The lowest BCUT2D eigenvalue weighted by Crippen LogP contribution is -3.10. The first-order chi connectivity index (χ1) is 14.2. The lowest BCUT2D eigenvalue weighted by atomic mass is 10.00. The van der Waals surface area contributed by atoms with Gasteiger partial charge in [0.05, 0.1) is 6.54 Å². The Kier molecular flexibility index (Phi) is 5.72. The van der Waals surface area contributed by atoms with Crippen molar-refractivity contribution in [3.63, 3.8) is 0 Å². The number of para-hydroxylation sites is 1. The molecule has 0 aliphatic carbocycles. The Morgan fingerprint density at radius 1 is 1.07 bits per heavy atom. The molecule has 1 atom stereocenters. The average Bonchev–Trinajstić information content (AvgIpc) is 2.74. The third-order valence-corrected chi connectivity index (χ3v) is 5.00. The molecule has 29 heavy (non-hydrogen) atoms. The number of hydrogen-bond donors (Lipinski definition) is 2. The van der Waals surface area contributed by atoms with E-state index in [1.807, 2.05) is 18.2 Å². The lowest BCUT2D eigenvalue weighted by Gasteiger charge is -2.25.